The molecular formula is C18H24N4O2. The molecule has 0 saturated carbocycles. The van der Waals surface area contributed by atoms with Crippen LogP contribution in [0, 0.1) is 11.8 Å². The molecule has 0 radical (unpaired) electrons. The first-order valence-electron chi connectivity index (χ1n) is 8.76. The number of likely N-dealkylation sites (tertiary alicyclic amines) is 1. The standard InChI is InChI=1S/C18H24N4O2/c19-18(23)15-6-10-24-17(15)13-4-8-21(9-5-13)12-14-11-20-16-3-1-2-7-22(14)16/h1-3,7,11,13,15,17H,4-6,8-10,12H2,(H2,19,23)/t15-,17+/m0/s1. The maximum atomic E-state index is 11.6. The number of nitrogens with two attached hydrogens (primary N) is 1. The van der Waals surface area contributed by atoms with Gasteiger partial charge in [-0.15, -0.1) is 0 Å². The van der Waals surface area contributed by atoms with Crippen molar-refractivity contribution in [1.29, 1.82) is 0 Å². The number of carbonyl (C=O) groups is 1. The number of aromatic nitrogens is 2. The second-order valence-corrected chi connectivity index (χ2v) is 6.92. The first-order chi connectivity index (χ1) is 11.7. The number of nitrogens with zero attached hydrogens (tertiary/aromatic N) is 3. The third-order valence-corrected chi connectivity index (χ3v) is 5.48. The van der Waals surface area contributed by atoms with Gasteiger partial charge >= 0.3 is 0 Å². The van der Waals surface area contributed by atoms with Crippen LogP contribution in [0.4, 0.5) is 0 Å². The number of ether oxygens (including phenoxy) is 1. The molecule has 24 heavy (non-hydrogen) atoms. The van der Waals surface area contributed by atoms with Crippen molar-refractivity contribution in [2.24, 2.45) is 17.6 Å². The predicted octanol–water partition coefficient (Wildman–Crippen LogP) is 1.44. The summed E-state index contributed by atoms with van der Waals surface area (Å²) in [4.78, 5) is 18.5. The number of hydrogen-bond donors (Lipinski definition) is 1. The molecular weight excluding hydrogens is 304 g/mol. The van der Waals surface area contributed by atoms with Crippen LogP contribution < -0.4 is 5.73 Å². The van der Waals surface area contributed by atoms with E-state index in [-0.39, 0.29) is 17.9 Å². The summed E-state index contributed by atoms with van der Waals surface area (Å²) in [6.07, 6.45) is 6.96. The van der Waals surface area contributed by atoms with Gasteiger partial charge in [-0.25, -0.2) is 4.98 Å². The Labute approximate surface area is 141 Å². The number of imidazole rings is 1. The predicted molar refractivity (Wildman–Crippen MR) is 90.2 cm³/mol. The summed E-state index contributed by atoms with van der Waals surface area (Å²) in [6.45, 7) is 3.62. The molecule has 0 spiro atoms. The highest BCUT2D eigenvalue weighted by molar-refractivity contribution is 5.77. The summed E-state index contributed by atoms with van der Waals surface area (Å²) in [7, 11) is 0. The number of primary amides is 1. The number of rotatable bonds is 4. The smallest absolute Gasteiger partial charge is 0.223 e. The normalized spacial score (nSPS) is 26.2. The van der Waals surface area contributed by atoms with E-state index in [2.05, 4.69) is 20.5 Å². The van der Waals surface area contributed by atoms with E-state index in [0.29, 0.717) is 12.5 Å². The van der Waals surface area contributed by atoms with Crippen LogP contribution in [0.3, 0.4) is 0 Å². The Hall–Kier alpha value is -1.92. The van der Waals surface area contributed by atoms with Crippen LogP contribution in [-0.4, -0.2) is 46.0 Å². The quantitative estimate of drug-likeness (QED) is 0.922. The van der Waals surface area contributed by atoms with Crippen molar-refractivity contribution in [1.82, 2.24) is 14.3 Å². The Morgan fingerprint density at radius 1 is 1.29 bits per heavy atom. The minimum absolute atomic E-state index is 0.0282. The maximum Gasteiger partial charge on any atom is 0.223 e. The van der Waals surface area contributed by atoms with Gasteiger partial charge in [-0.2, -0.15) is 0 Å². The Morgan fingerprint density at radius 3 is 2.92 bits per heavy atom. The van der Waals surface area contributed by atoms with Crippen LogP contribution in [0.1, 0.15) is 25.0 Å². The molecule has 2 fully saturated rings. The van der Waals surface area contributed by atoms with Crippen LogP contribution in [-0.2, 0) is 16.1 Å². The van der Waals surface area contributed by atoms with Crippen molar-refractivity contribution in [3.05, 3.63) is 36.3 Å². The molecule has 2 aromatic rings. The van der Waals surface area contributed by atoms with Crippen LogP contribution in [0.2, 0.25) is 0 Å². The Bertz CT molecular complexity index is 721. The van der Waals surface area contributed by atoms with E-state index in [1.807, 2.05) is 24.4 Å². The zero-order chi connectivity index (χ0) is 16.5. The lowest BCUT2D eigenvalue weighted by molar-refractivity contribution is -0.124. The fourth-order valence-corrected chi connectivity index (χ4v) is 4.15. The molecule has 2 aromatic heterocycles. The molecule has 2 aliphatic heterocycles. The minimum atomic E-state index is -0.203. The van der Waals surface area contributed by atoms with E-state index in [1.165, 1.54) is 5.69 Å². The van der Waals surface area contributed by atoms with Gasteiger partial charge in [0, 0.05) is 19.3 Å². The number of piperidine rings is 1. The number of amides is 1. The summed E-state index contributed by atoms with van der Waals surface area (Å²) >= 11 is 0. The van der Waals surface area contributed by atoms with Gasteiger partial charge in [0.05, 0.1) is 23.9 Å². The van der Waals surface area contributed by atoms with E-state index in [1.54, 1.807) is 0 Å². The largest absolute Gasteiger partial charge is 0.377 e. The fraction of sp³-hybridized carbons (Fsp3) is 0.556. The minimum Gasteiger partial charge on any atom is -0.377 e. The molecule has 0 aromatic carbocycles. The Morgan fingerprint density at radius 2 is 2.12 bits per heavy atom. The highest BCUT2D eigenvalue weighted by atomic mass is 16.5. The van der Waals surface area contributed by atoms with Gasteiger partial charge < -0.3 is 14.9 Å². The van der Waals surface area contributed by atoms with Crippen LogP contribution in [0.5, 0.6) is 0 Å². The molecule has 0 unspecified atom stereocenters. The van der Waals surface area contributed by atoms with E-state index in [0.717, 1.165) is 44.5 Å². The molecule has 0 aliphatic carbocycles. The lowest BCUT2D eigenvalue weighted by atomic mass is 9.84. The first-order valence-corrected chi connectivity index (χ1v) is 8.76. The average Bonchev–Trinajstić information content (AvgIpc) is 3.23. The molecule has 0 bridgehead atoms. The molecule has 4 heterocycles. The molecule has 2 saturated heterocycles. The Balaban J connectivity index is 1.37. The van der Waals surface area contributed by atoms with E-state index >= 15 is 0 Å². The van der Waals surface area contributed by atoms with Gasteiger partial charge in [-0.3, -0.25) is 9.69 Å². The molecule has 2 aliphatic rings. The lowest BCUT2D eigenvalue weighted by Crippen LogP contribution is -2.42. The molecule has 1 amide bonds. The van der Waals surface area contributed by atoms with Gasteiger partial charge in [-0.05, 0) is 50.4 Å². The summed E-state index contributed by atoms with van der Waals surface area (Å²) < 4.78 is 7.98. The summed E-state index contributed by atoms with van der Waals surface area (Å²) in [5.41, 5.74) is 7.74. The van der Waals surface area contributed by atoms with Gasteiger partial charge in [-0.1, -0.05) is 6.07 Å². The zero-order valence-corrected chi connectivity index (χ0v) is 13.8. The maximum absolute atomic E-state index is 11.6. The van der Waals surface area contributed by atoms with Gasteiger partial charge in [0.2, 0.25) is 5.91 Å². The van der Waals surface area contributed by atoms with Crippen molar-refractivity contribution in [2.45, 2.75) is 31.9 Å². The second-order valence-electron chi connectivity index (χ2n) is 6.92. The van der Waals surface area contributed by atoms with Crippen molar-refractivity contribution < 1.29 is 9.53 Å². The lowest BCUT2D eigenvalue weighted by Gasteiger charge is -2.35. The Kier molecular flexibility index (Phi) is 4.24. The van der Waals surface area contributed by atoms with E-state index in [9.17, 15) is 4.79 Å². The molecule has 4 rings (SSSR count). The van der Waals surface area contributed by atoms with Crippen LogP contribution >= 0.6 is 0 Å². The average molecular weight is 328 g/mol. The van der Waals surface area contributed by atoms with Gasteiger partial charge in [0.15, 0.2) is 0 Å². The highest BCUT2D eigenvalue weighted by Gasteiger charge is 2.39. The van der Waals surface area contributed by atoms with Crippen molar-refractivity contribution >= 4 is 11.6 Å². The fourth-order valence-electron chi connectivity index (χ4n) is 4.15. The third-order valence-electron chi connectivity index (χ3n) is 5.48. The number of fused-ring (bicyclic) bond motifs is 1. The topological polar surface area (TPSA) is 72.9 Å². The van der Waals surface area contributed by atoms with Crippen molar-refractivity contribution in [3.63, 3.8) is 0 Å². The third kappa shape index (κ3) is 2.91. The first kappa shape index (κ1) is 15.6. The van der Waals surface area contributed by atoms with Crippen LogP contribution in [0.25, 0.3) is 5.65 Å². The summed E-state index contributed by atoms with van der Waals surface area (Å²) in [5.74, 6) is 0.148. The number of hydrogen-bond acceptors (Lipinski definition) is 4. The molecule has 6 heteroatoms. The molecule has 6 nitrogen and oxygen atoms in total. The summed E-state index contributed by atoms with van der Waals surface area (Å²) in [6, 6.07) is 6.07. The SMILES string of the molecule is NC(=O)[C@H]1CCO[C@@H]1C1CCN(Cc2cnc3ccccn23)CC1. The second kappa shape index (κ2) is 6.53. The van der Waals surface area contributed by atoms with Gasteiger partial charge in [0.1, 0.15) is 5.65 Å². The summed E-state index contributed by atoms with van der Waals surface area (Å²) in [5, 5.41) is 0. The van der Waals surface area contributed by atoms with E-state index in [4.69, 9.17) is 10.5 Å². The number of carbonyl (C=O) groups excluding carboxylic acids is 1. The molecule has 2 N–H and O–H groups in total. The van der Waals surface area contributed by atoms with Crippen LogP contribution in [0.15, 0.2) is 30.6 Å². The zero-order valence-electron chi connectivity index (χ0n) is 13.8. The van der Waals surface area contributed by atoms with E-state index < -0.39 is 0 Å². The molecule has 128 valence electrons. The van der Waals surface area contributed by atoms with Crippen molar-refractivity contribution in [3.8, 4) is 0 Å². The van der Waals surface area contributed by atoms with Gasteiger partial charge in [0.25, 0.3) is 0 Å². The monoisotopic (exact) mass is 328 g/mol. The molecule has 2 atom stereocenters. The highest BCUT2D eigenvalue weighted by Crippen LogP contribution is 2.33. The number of pyridine rings is 1. The van der Waals surface area contributed by atoms with Crippen molar-refractivity contribution in [2.75, 3.05) is 19.7 Å².